The Bertz CT molecular complexity index is 678. The van der Waals surface area contributed by atoms with Gasteiger partial charge in [-0.3, -0.25) is 0 Å². The standard InChI is InChI=1S/C18H28N6O2.HI/c1-15-22-23-17(24(15)2)14-21-18(20-11-13-25-3)19-10-7-12-26-16-8-5-4-6-9-16;/h4-6,8-9H,7,10-14H2,1-3H3,(H2,19,20,21);1H. The van der Waals surface area contributed by atoms with Crippen LogP contribution in [0.25, 0.3) is 0 Å². The molecule has 2 aromatic rings. The van der Waals surface area contributed by atoms with Crippen molar-refractivity contribution in [1.82, 2.24) is 25.4 Å². The summed E-state index contributed by atoms with van der Waals surface area (Å²) in [5.41, 5.74) is 0. The van der Waals surface area contributed by atoms with Crippen LogP contribution in [0.15, 0.2) is 35.3 Å². The first-order valence-electron chi connectivity index (χ1n) is 8.74. The highest BCUT2D eigenvalue weighted by atomic mass is 127. The molecule has 0 bridgehead atoms. The van der Waals surface area contributed by atoms with E-state index in [1.807, 2.05) is 48.9 Å². The van der Waals surface area contributed by atoms with Crippen LogP contribution in [0.5, 0.6) is 5.75 Å². The fourth-order valence-corrected chi connectivity index (χ4v) is 2.17. The Morgan fingerprint density at radius 2 is 1.85 bits per heavy atom. The number of hydrogen-bond donors (Lipinski definition) is 2. The molecule has 0 atom stereocenters. The minimum absolute atomic E-state index is 0. The predicted octanol–water partition coefficient (Wildman–Crippen LogP) is 1.89. The first-order chi connectivity index (χ1) is 12.7. The zero-order chi connectivity index (χ0) is 18.6. The van der Waals surface area contributed by atoms with Gasteiger partial charge in [-0.15, -0.1) is 34.2 Å². The summed E-state index contributed by atoms with van der Waals surface area (Å²) in [6.45, 7) is 5.07. The van der Waals surface area contributed by atoms with Gasteiger partial charge in [0.05, 0.1) is 13.2 Å². The molecule has 1 heterocycles. The van der Waals surface area contributed by atoms with E-state index in [9.17, 15) is 0 Å². The third-order valence-corrected chi connectivity index (χ3v) is 3.79. The highest BCUT2D eigenvalue weighted by molar-refractivity contribution is 14.0. The number of halogens is 1. The van der Waals surface area contributed by atoms with Crippen LogP contribution in [0.2, 0.25) is 0 Å². The Labute approximate surface area is 177 Å². The second-order valence-corrected chi connectivity index (χ2v) is 5.75. The molecule has 0 aliphatic heterocycles. The molecule has 8 nitrogen and oxygen atoms in total. The van der Waals surface area contributed by atoms with Crippen LogP contribution < -0.4 is 15.4 Å². The number of nitrogens with one attached hydrogen (secondary N) is 2. The van der Waals surface area contributed by atoms with E-state index in [0.29, 0.717) is 26.3 Å². The molecule has 2 rings (SSSR count). The van der Waals surface area contributed by atoms with Crippen molar-refractivity contribution in [3.63, 3.8) is 0 Å². The molecule has 27 heavy (non-hydrogen) atoms. The topological polar surface area (TPSA) is 85.6 Å². The van der Waals surface area contributed by atoms with Gasteiger partial charge in [0.15, 0.2) is 11.8 Å². The van der Waals surface area contributed by atoms with Crippen LogP contribution in [0.4, 0.5) is 0 Å². The number of hydrogen-bond acceptors (Lipinski definition) is 5. The van der Waals surface area contributed by atoms with Crippen molar-refractivity contribution in [3.05, 3.63) is 42.0 Å². The summed E-state index contributed by atoms with van der Waals surface area (Å²) in [5, 5.41) is 14.7. The second kappa shape index (κ2) is 13.3. The van der Waals surface area contributed by atoms with E-state index in [4.69, 9.17) is 9.47 Å². The molecule has 0 saturated heterocycles. The SMILES string of the molecule is COCCNC(=NCc1nnc(C)n1C)NCCCOc1ccccc1.I. The Kier molecular flexibility index (Phi) is 11.4. The van der Waals surface area contributed by atoms with Crippen LogP contribution >= 0.6 is 24.0 Å². The predicted molar refractivity (Wildman–Crippen MR) is 117 cm³/mol. The third-order valence-electron chi connectivity index (χ3n) is 3.79. The average Bonchev–Trinajstić information content (AvgIpc) is 2.98. The first kappa shape index (κ1) is 23.2. The molecular formula is C18H29IN6O2. The van der Waals surface area contributed by atoms with E-state index in [1.54, 1.807) is 7.11 Å². The summed E-state index contributed by atoms with van der Waals surface area (Å²) in [7, 11) is 3.61. The number of para-hydroxylation sites is 1. The third kappa shape index (κ3) is 8.57. The molecule has 0 radical (unpaired) electrons. The lowest BCUT2D eigenvalue weighted by Crippen LogP contribution is -2.39. The Morgan fingerprint density at radius 1 is 1.11 bits per heavy atom. The number of nitrogens with zero attached hydrogens (tertiary/aromatic N) is 4. The van der Waals surface area contributed by atoms with E-state index in [2.05, 4.69) is 25.8 Å². The largest absolute Gasteiger partial charge is 0.494 e. The van der Waals surface area contributed by atoms with Crippen LogP contribution in [-0.2, 0) is 18.3 Å². The van der Waals surface area contributed by atoms with Gasteiger partial charge in [-0.05, 0) is 25.5 Å². The van der Waals surface area contributed by atoms with Gasteiger partial charge in [0.2, 0.25) is 0 Å². The van der Waals surface area contributed by atoms with Gasteiger partial charge in [0.1, 0.15) is 18.1 Å². The van der Waals surface area contributed by atoms with Crippen molar-refractivity contribution in [2.45, 2.75) is 19.9 Å². The summed E-state index contributed by atoms with van der Waals surface area (Å²) in [5.74, 6) is 3.30. The molecule has 2 N–H and O–H groups in total. The molecule has 0 spiro atoms. The molecule has 0 saturated carbocycles. The van der Waals surface area contributed by atoms with Gasteiger partial charge in [-0.1, -0.05) is 18.2 Å². The van der Waals surface area contributed by atoms with Crippen LogP contribution in [0.1, 0.15) is 18.1 Å². The number of guanidine groups is 1. The summed E-state index contributed by atoms with van der Waals surface area (Å²) in [6.07, 6.45) is 0.864. The second-order valence-electron chi connectivity index (χ2n) is 5.75. The fourth-order valence-electron chi connectivity index (χ4n) is 2.17. The summed E-state index contributed by atoms with van der Waals surface area (Å²) in [4.78, 5) is 4.57. The van der Waals surface area contributed by atoms with Crippen molar-refractivity contribution in [1.29, 1.82) is 0 Å². The Morgan fingerprint density at radius 3 is 2.52 bits per heavy atom. The Balaban J connectivity index is 0.00000364. The molecule has 150 valence electrons. The molecule has 1 aromatic carbocycles. The van der Waals surface area contributed by atoms with E-state index in [-0.39, 0.29) is 24.0 Å². The maximum atomic E-state index is 5.69. The van der Waals surface area contributed by atoms with Crippen LogP contribution in [0, 0.1) is 6.92 Å². The fraction of sp³-hybridized carbons (Fsp3) is 0.500. The van der Waals surface area contributed by atoms with E-state index in [1.165, 1.54) is 0 Å². The number of ether oxygens (including phenoxy) is 2. The van der Waals surface area contributed by atoms with Crippen molar-refractivity contribution >= 4 is 29.9 Å². The smallest absolute Gasteiger partial charge is 0.191 e. The zero-order valence-corrected chi connectivity index (χ0v) is 18.5. The number of aliphatic imine (C=N–C) groups is 1. The highest BCUT2D eigenvalue weighted by Gasteiger charge is 2.05. The van der Waals surface area contributed by atoms with Gasteiger partial charge < -0.3 is 24.7 Å². The van der Waals surface area contributed by atoms with E-state index < -0.39 is 0 Å². The maximum absolute atomic E-state index is 5.69. The molecule has 0 unspecified atom stereocenters. The molecule has 1 aromatic heterocycles. The van der Waals surface area contributed by atoms with Gasteiger partial charge in [-0.25, -0.2) is 4.99 Å². The first-order valence-corrected chi connectivity index (χ1v) is 8.74. The summed E-state index contributed by atoms with van der Waals surface area (Å²) in [6, 6.07) is 9.81. The minimum atomic E-state index is 0. The summed E-state index contributed by atoms with van der Waals surface area (Å²) < 4.78 is 12.7. The van der Waals surface area contributed by atoms with Gasteiger partial charge >= 0.3 is 0 Å². The molecule has 0 aliphatic rings. The van der Waals surface area contributed by atoms with Gasteiger partial charge in [0, 0.05) is 27.2 Å². The molecule has 9 heteroatoms. The van der Waals surface area contributed by atoms with Crippen LogP contribution in [-0.4, -0.2) is 54.1 Å². The monoisotopic (exact) mass is 488 g/mol. The Hall–Kier alpha value is -1.88. The van der Waals surface area contributed by atoms with E-state index in [0.717, 1.165) is 36.3 Å². The number of methoxy groups -OCH3 is 1. The lowest BCUT2D eigenvalue weighted by atomic mass is 10.3. The molecule has 0 amide bonds. The van der Waals surface area contributed by atoms with Crippen molar-refractivity contribution < 1.29 is 9.47 Å². The number of aromatic nitrogens is 3. The van der Waals surface area contributed by atoms with Gasteiger partial charge in [-0.2, -0.15) is 0 Å². The van der Waals surface area contributed by atoms with Crippen molar-refractivity contribution in [2.24, 2.45) is 12.0 Å². The zero-order valence-electron chi connectivity index (χ0n) is 16.1. The van der Waals surface area contributed by atoms with E-state index >= 15 is 0 Å². The van der Waals surface area contributed by atoms with Crippen molar-refractivity contribution in [2.75, 3.05) is 33.4 Å². The number of benzene rings is 1. The summed E-state index contributed by atoms with van der Waals surface area (Å²) >= 11 is 0. The quantitative estimate of drug-likeness (QED) is 0.230. The lowest BCUT2D eigenvalue weighted by molar-refractivity contribution is 0.203. The maximum Gasteiger partial charge on any atom is 0.191 e. The molecule has 0 fully saturated rings. The number of rotatable bonds is 10. The van der Waals surface area contributed by atoms with Crippen LogP contribution in [0.3, 0.4) is 0 Å². The average molecular weight is 488 g/mol. The lowest BCUT2D eigenvalue weighted by Gasteiger charge is -2.12. The minimum Gasteiger partial charge on any atom is -0.494 e. The normalized spacial score (nSPS) is 11.0. The van der Waals surface area contributed by atoms with Crippen molar-refractivity contribution in [3.8, 4) is 5.75 Å². The number of aryl methyl sites for hydroxylation is 1. The molecular weight excluding hydrogens is 459 g/mol. The molecule has 0 aliphatic carbocycles. The highest BCUT2D eigenvalue weighted by Crippen LogP contribution is 2.08. The van der Waals surface area contributed by atoms with Gasteiger partial charge in [0.25, 0.3) is 0 Å².